The molecule has 0 aliphatic carbocycles. The van der Waals surface area contributed by atoms with Crippen molar-refractivity contribution in [3.8, 4) is 11.4 Å². The molecule has 0 spiro atoms. The summed E-state index contributed by atoms with van der Waals surface area (Å²) in [4.78, 5) is 4.36. The van der Waals surface area contributed by atoms with E-state index >= 15 is 0 Å². The first-order valence-electron chi connectivity index (χ1n) is 7.14. The molecule has 2 aromatic rings. The fraction of sp³-hybridized carbons (Fsp3) is 0.600. The molecule has 1 N–H and O–H groups in total. The first-order chi connectivity index (χ1) is 9.86. The predicted octanol–water partition coefficient (Wildman–Crippen LogP) is 2.77. The summed E-state index contributed by atoms with van der Waals surface area (Å²) in [6, 6.07) is 2.05. The number of nitrogens with one attached hydrogen (secondary N) is 1. The molecule has 6 nitrogen and oxygen atoms in total. The quantitative estimate of drug-likeness (QED) is 0.933. The summed E-state index contributed by atoms with van der Waals surface area (Å²) in [6.07, 6.45) is 4.13. The van der Waals surface area contributed by atoms with E-state index < -0.39 is 0 Å². The maximum atomic E-state index is 6.06. The van der Waals surface area contributed by atoms with Gasteiger partial charge in [0.1, 0.15) is 6.26 Å². The summed E-state index contributed by atoms with van der Waals surface area (Å²) in [5.41, 5.74) is 0.491. The molecule has 6 heteroatoms. The largest absolute Gasteiger partial charge is 0.472 e. The van der Waals surface area contributed by atoms with Crippen molar-refractivity contribution in [3.63, 3.8) is 0 Å². The van der Waals surface area contributed by atoms with E-state index in [9.17, 15) is 0 Å². The fourth-order valence-electron chi connectivity index (χ4n) is 2.93. The first-order valence-corrected chi connectivity index (χ1v) is 7.14. The molecule has 1 fully saturated rings. The van der Waals surface area contributed by atoms with E-state index in [1.165, 1.54) is 0 Å². The third-order valence-electron chi connectivity index (χ3n) is 3.82. The molecular formula is C15H21N3O3. The summed E-state index contributed by atoms with van der Waals surface area (Å²) in [5, 5.41) is 7.41. The molecule has 114 valence electrons. The summed E-state index contributed by atoms with van der Waals surface area (Å²) < 4.78 is 16.3. The van der Waals surface area contributed by atoms with E-state index in [2.05, 4.69) is 43.2 Å². The molecule has 0 amide bonds. The Morgan fingerprint density at radius 2 is 2.14 bits per heavy atom. The van der Waals surface area contributed by atoms with Crippen molar-refractivity contribution in [1.29, 1.82) is 0 Å². The molecule has 0 bridgehead atoms. The van der Waals surface area contributed by atoms with Crippen molar-refractivity contribution in [3.05, 3.63) is 24.5 Å². The van der Waals surface area contributed by atoms with Crippen molar-refractivity contribution in [2.75, 3.05) is 0 Å². The molecule has 21 heavy (non-hydrogen) atoms. The van der Waals surface area contributed by atoms with Crippen LogP contribution in [0.1, 0.15) is 40.0 Å². The summed E-state index contributed by atoms with van der Waals surface area (Å²) in [6.45, 7) is 8.95. The van der Waals surface area contributed by atoms with Crippen LogP contribution in [0.4, 0.5) is 0 Å². The monoisotopic (exact) mass is 291 g/mol. The predicted molar refractivity (Wildman–Crippen MR) is 76.5 cm³/mol. The highest BCUT2D eigenvalue weighted by atomic mass is 16.5. The minimum absolute atomic E-state index is 0.113. The van der Waals surface area contributed by atoms with Gasteiger partial charge in [-0.25, -0.2) is 0 Å². The van der Waals surface area contributed by atoms with Crippen molar-refractivity contribution >= 4 is 0 Å². The van der Waals surface area contributed by atoms with Gasteiger partial charge in [-0.2, -0.15) is 4.98 Å². The summed E-state index contributed by atoms with van der Waals surface area (Å²) in [5.74, 6) is 1.11. The third-order valence-corrected chi connectivity index (χ3v) is 3.82. The minimum Gasteiger partial charge on any atom is -0.472 e. The van der Waals surface area contributed by atoms with E-state index in [-0.39, 0.29) is 17.2 Å². The number of furan rings is 1. The van der Waals surface area contributed by atoms with Gasteiger partial charge in [0.2, 0.25) is 11.7 Å². The smallest absolute Gasteiger partial charge is 0.240 e. The highest BCUT2D eigenvalue weighted by Gasteiger charge is 2.45. The van der Waals surface area contributed by atoms with Crippen molar-refractivity contribution < 1.29 is 13.7 Å². The Labute approximate surface area is 123 Å². The molecule has 1 saturated heterocycles. The van der Waals surface area contributed by atoms with Crippen LogP contribution in [0.15, 0.2) is 27.5 Å². The molecule has 1 aliphatic rings. The van der Waals surface area contributed by atoms with Crippen LogP contribution in [0.25, 0.3) is 11.4 Å². The Hall–Kier alpha value is -1.66. The second kappa shape index (κ2) is 4.96. The Balaban J connectivity index is 1.63. The molecule has 3 heterocycles. The van der Waals surface area contributed by atoms with Crippen LogP contribution >= 0.6 is 0 Å². The number of aromatic nitrogens is 2. The highest BCUT2D eigenvalue weighted by molar-refractivity contribution is 5.51. The zero-order chi connectivity index (χ0) is 15.1. The second-order valence-corrected chi connectivity index (χ2v) is 6.63. The van der Waals surface area contributed by atoms with E-state index in [0.29, 0.717) is 18.3 Å². The van der Waals surface area contributed by atoms with Crippen molar-refractivity contribution in [2.45, 2.75) is 57.9 Å². The third kappa shape index (κ3) is 3.01. The molecule has 1 aliphatic heterocycles. The van der Waals surface area contributed by atoms with Crippen LogP contribution in [0.2, 0.25) is 0 Å². The molecule has 0 aromatic carbocycles. The molecule has 2 aromatic heterocycles. The number of hydrogen-bond donors (Lipinski definition) is 1. The lowest BCUT2D eigenvalue weighted by Gasteiger charge is -2.27. The van der Waals surface area contributed by atoms with Crippen LogP contribution in [0, 0.1) is 0 Å². The van der Waals surface area contributed by atoms with Gasteiger partial charge in [-0.05, 0) is 40.2 Å². The minimum atomic E-state index is -0.211. The number of hydrogen-bond acceptors (Lipinski definition) is 6. The van der Waals surface area contributed by atoms with Crippen molar-refractivity contribution in [2.24, 2.45) is 0 Å². The number of rotatable bonds is 4. The average Bonchev–Trinajstić information content (AvgIpc) is 3.05. The van der Waals surface area contributed by atoms with Crippen LogP contribution in [0.3, 0.4) is 0 Å². The lowest BCUT2D eigenvalue weighted by molar-refractivity contribution is -0.0700. The van der Waals surface area contributed by atoms with Gasteiger partial charge >= 0.3 is 0 Å². The average molecular weight is 291 g/mol. The second-order valence-electron chi connectivity index (χ2n) is 6.63. The zero-order valence-corrected chi connectivity index (χ0v) is 12.8. The Morgan fingerprint density at radius 1 is 1.33 bits per heavy atom. The molecule has 1 atom stereocenters. The van der Waals surface area contributed by atoms with Gasteiger partial charge in [0.15, 0.2) is 0 Å². The van der Waals surface area contributed by atoms with Gasteiger partial charge in [-0.15, -0.1) is 0 Å². The topological polar surface area (TPSA) is 73.3 Å². The molecular weight excluding hydrogens is 270 g/mol. The van der Waals surface area contributed by atoms with E-state index in [1.54, 1.807) is 18.6 Å². The zero-order valence-electron chi connectivity index (χ0n) is 12.8. The van der Waals surface area contributed by atoms with Gasteiger partial charge in [-0.3, -0.25) is 0 Å². The lowest BCUT2D eigenvalue weighted by atomic mass is 9.94. The summed E-state index contributed by atoms with van der Waals surface area (Å²) >= 11 is 0. The normalized spacial score (nSPS) is 23.5. The number of ether oxygens (including phenoxy) is 1. The van der Waals surface area contributed by atoms with E-state index in [4.69, 9.17) is 13.7 Å². The SMILES string of the molecule is CC1(C)CC(NCc2nc(-c3ccoc3)no2)C(C)(C)O1. The number of nitrogens with zero attached hydrogens (tertiary/aromatic N) is 2. The van der Waals surface area contributed by atoms with Gasteiger partial charge in [0, 0.05) is 6.04 Å². The van der Waals surface area contributed by atoms with Crippen LogP contribution < -0.4 is 5.32 Å². The van der Waals surface area contributed by atoms with Crippen molar-refractivity contribution in [1.82, 2.24) is 15.5 Å². The van der Waals surface area contributed by atoms with Gasteiger partial charge < -0.3 is 19.0 Å². The van der Waals surface area contributed by atoms with E-state index in [1.807, 2.05) is 0 Å². The fourth-order valence-corrected chi connectivity index (χ4v) is 2.93. The van der Waals surface area contributed by atoms with Crippen LogP contribution in [0.5, 0.6) is 0 Å². The standard InChI is InChI=1S/C15H21N3O3/c1-14(2)7-11(15(3,4)21-14)16-8-12-17-13(18-20-12)10-5-6-19-9-10/h5-6,9,11,16H,7-8H2,1-4H3. The highest BCUT2D eigenvalue weighted by Crippen LogP contribution is 2.37. The van der Waals surface area contributed by atoms with Gasteiger partial charge in [0.05, 0.1) is 29.6 Å². The Bertz CT molecular complexity index is 601. The molecule has 3 rings (SSSR count). The van der Waals surface area contributed by atoms with Gasteiger partial charge in [-0.1, -0.05) is 5.16 Å². The van der Waals surface area contributed by atoms with Crippen LogP contribution in [-0.2, 0) is 11.3 Å². The molecule has 0 radical (unpaired) electrons. The van der Waals surface area contributed by atoms with Gasteiger partial charge in [0.25, 0.3) is 0 Å². The van der Waals surface area contributed by atoms with E-state index in [0.717, 1.165) is 12.0 Å². The maximum absolute atomic E-state index is 6.06. The Kier molecular flexibility index (Phi) is 3.37. The molecule has 0 saturated carbocycles. The first kappa shape index (κ1) is 14.3. The summed E-state index contributed by atoms with van der Waals surface area (Å²) in [7, 11) is 0. The lowest BCUT2D eigenvalue weighted by Crippen LogP contribution is -2.43. The van der Waals surface area contributed by atoms with Crippen LogP contribution in [-0.4, -0.2) is 27.4 Å². The maximum Gasteiger partial charge on any atom is 0.240 e. The Morgan fingerprint density at radius 3 is 2.76 bits per heavy atom. The molecule has 1 unspecified atom stereocenters.